The summed E-state index contributed by atoms with van der Waals surface area (Å²) < 4.78 is 25.8. The summed E-state index contributed by atoms with van der Waals surface area (Å²) in [4.78, 5) is 0.154. The zero-order valence-corrected chi connectivity index (χ0v) is 11.3. The molecule has 1 aromatic carbocycles. The van der Waals surface area contributed by atoms with E-state index in [0.29, 0.717) is 24.5 Å². The maximum absolute atomic E-state index is 12.2. The van der Waals surface area contributed by atoms with Gasteiger partial charge in [0.05, 0.1) is 14.9 Å². The van der Waals surface area contributed by atoms with Gasteiger partial charge in [0.25, 0.3) is 0 Å². The molecule has 1 aromatic rings. The van der Waals surface area contributed by atoms with E-state index in [9.17, 15) is 8.42 Å². The molecule has 94 valence electrons. The van der Waals surface area contributed by atoms with E-state index in [4.69, 9.17) is 28.9 Å². The molecular weight excluding hydrogens is 283 g/mol. The fourth-order valence-corrected chi connectivity index (χ4v) is 3.66. The number of hydrogen-bond acceptors (Lipinski definition) is 3. The molecule has 1 atom stereocenters. The van der Waals surface area contributed by atoms with Gasteiger partial charge in [0.15, 0.2) is 0 Å². The lowest BCUT2D eigenvalue weighted by molar-refractivity contribution is 0.472. The van der Waals surface area contributed by atoms with Crippen molar-refractivity contribution in [3.63, 3.8) is 0 Å². The number of benzene rings is 1. The smallest absolute Gasteiger partial charge is 0.243 e. The molecule has 0 bridgehead atoms. The van der Waals surface area contributed by atoms with Gasteiger partial charge in [0.2, 0.25) is 10.0 Å². The monoisotopic (exact) mass is 294 g/mol. The summed E-state index contributed by atoms with van der Waals surface area (Å²) in [6.07, 6.45) is 0.681. The summed E-state index contributed by atoms with van der Waals surface area (Å²) in [7, 11) is -3.50. The molecule has 1 aliphatic heterocycles. The van der Waals surface area contributed by atoms with Crippen LogP contribution in [0.5, 0.6) is 0 Å². The van der Waals surface area contributed by atoms with E-state index in [-0.39, 0.29) is 16.0 Å². The normalized spacial score (nSPS) is 21.9. The average Bonchev–Trinajstić information content (AvgIpc) is 2.69. The molecule has 2 rings (SSSR count). The number of sulfonamides is 1. The maximum Gasteiger partial charge on any atom is 0.243 e. The van der Waals surface area contributed by atoms with Crippen molar-refractivity contribution in [2.75, 3.05) is 13.1 Å². The summed E-state index contributed by atoms with van der Waals surface area (Å²) in [6, 6.07) is 4.20. The van der Waals surface area contributed by atoms with Crippen LogP contribution in [-0.4, -0.2) is 31.9 Å². The van der Waals surface area contributed by atoms with Crippen LogP contribution in [0.1, 0.15) is 6.42 Å². The Morgan fingerprint density at radius 2 is 2.00 bits per heavy atom. The van der Waals surface area contributed by atoms with Gasteiger partial charge in [-0.1, -0.05) is 23.2 Å². The van der Waals surface area contributed by atoms with Crippen LogP contribution < -0.4 is 5.73 Å². The molecule has 7 heteroatoms. The summed E-state index contributed by atoms with van der Waals surface area (Å²) in [5.74, 6) is 0. The highest BCUT2D eigenvalue weighted by molar-refractivity contribution is 7.89. The largest absolute Gasteiger partial charge is 0.326 e. The fraction of sp³-hybridized carbons (Fsp3) is 0.400. The minimum Gasteiger partial charge on any atom is -0.326 e. The van der Waals surface area contributed by atoms with Crippen molar-refractivity contribution in [2.24, 2.45) is 5.73 Å². The molecule has 0 aromatic heterocycles. The van der Waals surface area contributed by atoms with Crippen molar-refractivity contribution in [3.05, 3.63) is 28.2 Å². The first-order valence-corrected chi connectivity index (χ1v) is 7.31. The first-order valence-electron chi connectivity index (χ1n) is 5.12. The Hall–Kier alpha value is -0.330. The van der Waals surface area contributed by atoms with Gasteiger partial charge in [0.1, 0.15) is 0 Å². The van der Waals surface area contributed by atoms with Crippen molar-refractivity contribution < 1.29 is 8.42 Å². The minimum absolute atomic E-state index is 0.0902. The SMILES string of the molecule is N[C@@H]1CCN(S(=O)(=O)c2ccc(Cl)c(Cl)c2)C1. The topological polar surface area (TPSA) is 63.4 Å². The number of hydrogen-bond donors (Lipinski definition) is 1. The zero-order valence-electron chi connectivity index (χ0n) is 8.94. The van der Waals surface area contributed by atoms with Crippen molar-refractivity contribution in [1.82, 2.24) is 4.31 Å². The molecule has 4 nitrogen and oxygen atoms in total. The van der Waals surface area contributed by atoms with Crippen LogP contribution in [0.3, 0.4) is 0 Å². The van der Waals surface area contributed by atoms with E-state index in [2.05, 4.69) is 0 Å². The van der Waals surface area contributed by atoms with Gasteiger partial charge >= 0.3 is 0 Å². The predicted octanol–water partition coefficient (Wildman–Crippen LogP) is 1.72. The number of nitrogens with two attached hydrogens (primary N) is 1. The Kier molecular flexibility index (Phi) is 3.66. The molecule has 0 radical (unpaired) electrons. The standard InChI is InChI=1S/C10H12Cl2N2O2S/c11-9-2-1-8(5-10(9)12)17(15,16)14-4-3-7(13)6-14/h1-2,5,7H,3-4,6,13H2/t7-/m1/s1. The molecule has 0 amide bonds. The molecule has 0 unspecified atom stereocenters. The zero-order chi connectivity index (χ0) is 12.6. The number of nitrogens with zero attached hydrogens (tertiary/aromatic N) is 1. The third kappa shape index (κ3) is 2.58. The van der Waals surface area contributed by atoms with E-state index in [1.54, 1.807) is 0 Å². The molecule has 2 N–H and O–H groups in total. The predicted molar refractivity (Wildman–Crippen MR) is 67.8 cm³/mol. The summed E-state index contributed by atoms with van der Waals surface area (Å²) in [5, 5.41) is 0.569. The van der Waals surface area contributed by atoms with Gasteiger partial charge in [-0.25, -0.2) is 8.42 Å². The molecule has 17 heavy (non-hydrogen) atoms. The van der Waals surface area contributed by atoms with Gasteiger partial charge in [-0.2, -0.15) is 4.31 Å². The van der Waals surface area contributed by atoms with Crippen LogP contribution >= 0.6 is 23.2 Å². The second-order valence-corrected chi connectivity index (χ2v) is 6.74. The molecule has 0 spiro atoms. The third-order valence-electron chi connectivity index (χ3n) is 2.72. The molecule has 1 fully saturated rings. The van der Waals surface area contributed by atoms with Crippen LogP contribution in [0.25, 0.3) is 0 Å². The summed E-state index contributed by atoms with van der Waals surface area (Å²) in [5.41, 5.74) is 5.70. The van der Waals surface area contributed by atoms with Gasteiger partial charge < -0.3 is 5.73 Å². The quantitative estimate of drug-likeness (QED) is 0.903. The van der Waals surface area contributed by atoms with Crippen LogP contribution in [0.2, 0.25) is 10.0 Å². The van der Waals surface area contributed by atoms with Crippen LogP contribution in [-0.2, 0) is 10.0 Å². The second kappa shape index (κ2) is 4.74. The average molecular weight is 295 g/mol. The summed E-state index contributed by atoms with van der Waals surface area (Å²) >= 11 is 11.6. The van der Waals surface area contributed by atoms with Gasteiger partial charge in [0, 0.05) is 19.1 Å². The highest BCUT2D eigenvalue weighted by atomic mass is 35.5. The molecule has 1 saturated heterocycles. The van der Waals surface area contributed by atoms with Gasteiger partial charge in [-0.3, -0.25) is 0 Å². The lowest BCUT2D eigenvalue weighted by atomic mass is 10.3. The third-order valence-corrected chi connectivity index (χ3v) is 5.32. The number of rotatable bonds is 2. The van der Waals surface area contributed by atoms with E-state index < -0.39 is 10.0 Å². The highest BCUT2D eigenvalue weighted by Gasteiger charge is 2.31. The lowest BCUT2D eigenvalue weighted by Gasteiger charge is -2.16. The Morgan fingerprint density at radius 3 is 2.53 bits per heavy atom. The minimum atomic E-state index is -3.50. The van der Waals surface area contributed by atoms with Crippen LogP contribution in [0, 0.1) is 0 Å². The first kappa shape index (κ1) is 13.1. The van der Waals surface area contributed by atoms with E-state index in [1.807, 2.05) is 0 Å². The fourth-order valence-electron chi connectivity index (χ4n) is 1.76. The van der Waals surface area contributed by atoms with E-state index in [0.717, 1.165) is 0 Å². The van der Waals surface area contributed by atoms with Crippen molar-refractivity contribution in [1.29, 1.82) is 0 Å². The highest BCUT2D eigenvalue weighted by Crippen LogP contribution is 2.27. The summed E-state index contributed by atoms with van der Waals surface area (Å²) in [6.45, 7) is 0.798. The molecule has 0 saturated carbocycles. The Morgan fingerprint density at radius 1 is 1.29 bits per heavy atom. The Balaban J connectivity index is 2.35. The van der Waals surface area contributed by atoms with Crippen molar-refractivity contribution in [2.45, 2.75) is 17.4 Å². The lowest BCUT2D eigenvalue weighted by Crippen LogP contribution is -2.31. The number of halogens is 2. The van der Waals surface area contributed by atoms with E-state index >= 15 is 0 Å². The Bertz CT molecular complexity index is 533. The van der Waals surface area contributed by atoms with E-state index in [1.165, 1.54) is 22.5 Å². The molecule has 1 heterocycles. The van der Waals surface area contributed by atoms with Gasteiger partial charge in [-0.05, 0) is 24.6 Å². The maximum atomic E-state index is 12.2. The van der Waals surface area contributed by atoms with Gasteiger partial charge in [-0.15, -0.1) is 0 Å². The first-order chi connectivity index (χ1) is 7.91. The van der Waals surface area contributed by atoms with Crippen LogP contribution in [0.15, 0.2) is 23.1 Å². The van der Waals surface area contributed by atoms with Crippen molar-refractivity contribution in [3.8, 4) is 0 Å². The Labute approximate surface area is 110 Å². The van der Waals surface area contributed by atoms with Crippen molar-refractivity contribution >= 4 is 33.2 Å². The molecular formula is C10H12Cl2N2O2S. The molecule has 1 aliphatic rings. The van der Waals surface area contributed by atoms with Crippen LogP contribution in [0.4, 0.5) is 0 Å². The molecule has 0 aliphatic carbocycles. The second-order valence-electron chi connectivity index (χ2n) is 3.99.